The van der Waals surface area contributed by atoms with E-state index in [0.29, 0.717) is 0 Å². The molecule has 0 fully saturated rings. The molecular formula is C23H28IN3O. The molecule has 0 spiro atoms. The number of nitrogens with zero attached hydrogens (tertiary/aromatic N) is 2. The van der Waals surface area contributed by atoms with Gasteiger partial charge in [0.15, 0.2) is 0 Å². The first kappa shape index (κ1) is 20.9. The first-order valence-corrected chi connectivity index (χ1v) is 9.92. The molecule has 4 rings (SSSR count). The van der Waals surface area contributed by atoms with Crippen LogP contribution in [0.4, 0.5) is 5.69 Å². The average Bonchev–Trinajstić information content (AvgIpc) is 3.10. The summed E-state index contributed by atoms with van der Waals surface area (Å²) < 4.78 is 8.55. The van der Waals surface area contributed by atoms with Gasteiger partial charge in [0.25, 0.3) is 5.52 Å². The van der Waals surface area contributed by atoms with Gasteiger partial charge in [-0.1, -0.05) is 38.1 Å². The molecule has 2 heterocycles. The number of benzene rings is 2. The molecule has 0 amide bonds. The number of pyridine rings is 1. The van der Waals surface area contributed by atoms with Crippen LogP contribution in [0.5, 0.6) is 0 Å². The number of halogens is 1. The molecule has 2 aromatic heterocycles. The molecular weight excluding hydrogens is 461 g/mol. The van der Waals surface area contributed by atoms with Crippen molar-refractivity contribution in [1.29, 1.82) is 0 Å². The number of nitrogens with one attached hydrogen (secondary N) is 1. The average molecular weight is 489 g/mol. The Bertz CT molecular complexity index is 1090. The van der Waals surface area contributed by atoms with E-state index in [9.17, 15) is 0 Å². The predicted molar refractivity (Wildman–Crippen MR) is 113 cm³/mol. The molecule has 0 saturated heterocycles. The summed E-state index contributed by atoms with van der Waals surface area (Å²) in [4.78, 5) is 2.46. The normalized spacial score (nSPS) is 11.4. The number of furan rings is 1. The van der Waals surface area contributed by atoms with Gasteiger partial charge in [-0.25, -0.2) is 0 Å². The SMILES string of the molecule is CCN(CC)CCCNc1c2ccccc2[n+](C)c2c1oc1ccccc12.[I-]. The molecule has 5 heteroatoms. The molecule has 28 heavy (non-hydrogen) atoms. The summed E-state index contributed by atoms with van der Waals surface area (Å²) in [6.45, 7) is 8.70. The molecule has 2 aromatic carbocycles. The van der Waals surface area contributed by atoms with Gasteiger partial charge in [0, 0.05) is 12.6 Å². The number of hydrogen-bond donors (Lipinski definition) is 1. The van der Waals surface area contributed by atoms with E-state index < -0.39 is 0 Å². The molecule has 0 radical (unpaired) electrons. The number of anilines is 1. The highest BCUT2D eigenvalue weighted by atomic mass is 127. The van der Waals surface area contributed by atoms with Crippen LogP contribution in [0.25, 0.3) is 33.0 Å². The molecule has 4 nitrogen and oxygen atoms in total. The van der Waals surface area contributed by atoms with Gasteiger partial charge in [-0.2, -0.15) is 4.57 Å². The van der Waals surface area contributed by atoms with Crippen LogP contribution in [-0.4, -0.2) is 31.1 Å². The summed E-state index contributed by atoms with van der Waals surface area (Å²) in [5.74, 6) is 0. The molecule has 0 aliphatic carbocycles. The lowest BCUT2D eigenvalue weighted by atomic mass is 10.1. The van der Waals surface area contributed by atoms with Crippen molar-refractivity contribution >= 4 is 38.7 Å². The Morgan fingerprint density at radius 1 is 0.964 bits per heavy atom. The van der Waals surface area contributed by atoms with E-state index in [-0.39, 0.29) is 24.0 Å². The largest absolute Gasteiger partial charge is 1.00 e. The second kappa shape index (κ2) is 9.09. The van der Waals surface area contributed by atoms with Crippen molar-refractivity contribution in [3.63, 3.8) is 0 Å². The minimum absolute atomic E-state index is 0. The lowest BCUT2D eigenvalue weighted by Crippen LogP contribution is -3.00. The molecule has 1 N–H and O–H groups in total. The summed E-state index contributed by atoms with van der Waals surface area (Å²) in [6, 6.07) is 16.8. The van der Waals surface area contributed by atoms with E-state index in [1.165, 1.54) is 10.9 Å². The maximum Gasteiger partial charge on any atom is 0.261 e. The summed E-state index contributed by atoms with van der Waals surface area (Å²) in [5, 5.41) is 6.05. The van der Waals surface area contributed by atoms with Crippen LogP contribution in [0.2, 0.25) is 0 Å². The Morgan fingerprint density at radius 2 is 1.64 bits per heavy atom. The smallest absolute Gasteiger partial charge is 0.261 e. The number of aryl methyl sites for hydroxylation is 1. The third kappa shape index (κ3) is 3.70. The van der Waals surface area contributed by atoms with Gasteiger partial charge in [0.05, 0.1) is 16.5 Å². The maximum atomic E-state index is 6.30. The number of para-hydroxylation sites is 2. The topological polar surface area (TPSA) is 32.3 Å². The molecule has 148 valence electrons. The standard InChI is InChI=1S/C23H27N3O.HI/c1-4-26(5-2)16-10-15-24-21-17-11-6-8-13-19(17)25(3)22-18-12-7-9-14-20(18)27-23(21)22;/h6-9,11-14H,4-5,10,15-16H2,1-3H3;1H. The zero-order valence-corrected chi connectivity index (χ0v) is 19.0. The Hall–Kier alpha value is -1.86. The van der Waals surface area contributed by atoms with Gasteiger partial charge < -0.3 is 38.6 Å². The lowest BCUT2D eigenvalue weighted by molar-refractivity contribution is -0.616. The minimum atomic E-state index is 0. The van der Waals surface area contributed by atoms with E-state index in [4.69, 9.17) is 4.42 Å². The zero-order chi connectivity index (χ0) is 18.8. The quantitative estimate of drug-likeness (QED) is 0.244. The van der Waals surface area contributed by atoms with Crippen LogP contribution < -0.4 is 33.9 Å². The highest BCUT2D eigenvalue weighted by Crippen LogP contribution is 2.35. The van der Waals surface area contributed by atoms with E-state index in [1.54, 1.807) is 0 Å². The summed E-state index contributed by atoms with van der Waals surface area (Å²) >= 11 is 0. The molecule has 0 unspecified atom stereocenters. The fraction of sp³-hybridized carbons (Fsp3) is 0.348. The van der Waals surface area contributed by atoms with Crippen molar-refractivity contribution in [2.45, 2.75) is 20.3 Å². The van der Waals surface area contributed by atoms with Crippen molar-refractivity contribution in [2.75, 3.05) is 31.5 Å². The minimum Gasteiger partial charge on any atom is -1.00 e. The van der Waals surface area contributed by atoms with Crippen molar-refractivity contribution < 1.29 is 33.0 Å². The molecule has 0 aliphatic rings. The third-order valence-corrected chi connectivity index (χ3v) is 5.51. The molecule has 0 saturated carbocycles. The van der Waals surface area contributed by atoms with Crippen molar-refractivity contribution in [1.82, 2.24) is 4.90 Å². The Morgan fingerprint density at radius 3 is 2.39 bits per heavy atom. The highest BCUT2D eigenvalue weighted by molar-refractivity contribution is 6.11. The Labute approximate surface area is 183 Å². The maximum absolute atomic E-state index is 6.30. The molecule has 0 aliphatic heterocycles. The number of aromatic nitrogens is 1. The van der Waals surface area contributed by atoms with Gasteiger partial charge in [-0.15, -0.1) is 0 Å². The van der Waals surface area contributed by atoms with Crippen molar-refractivity contribution in [3.8, 4) is 0 Å². The Balaban J connectivity index is 0.00000225. The monoisotopic (exact) mass is 489 g/mol. The summed E-state index contributed by atoms with van der Waals surface area (Å²) in [5.41, 5.74) is 5.35. The Kier molecular flexibility index (Phi) is 6.78. The van der Waals surface area contributed by atoms with Crippen LogP contribution >= 0.6 is 0 Å². The van der Waals surface area contributed by atoms with Gasteiger partial charge >= 0.3 is 0 Å². The summed E-state index contributed by atoms with van der Waals surface area (Å²) in [7, 11) is 2.12. The van der Waals surface area contributed by atoms with Crippen molar-refractivity contribution in [3.05, 3.63) is 48.5 Å². The highest BCUT2D eigenvalue weighted by Gasteiger charge is 2.23. The zero-order valence-electron chi connectivity index (χ0n) is 16.8. The molecule has 0 bridgehead atoms. The second-order valence-electron chi connectivity index (χ2n) is 7.03. The van der Waals surface area contributed by atoms with Gasteiger partial charge in [-0.3, -0.25) is 0 Å². The van der Waals surface area contributed by atoms with E-state index in [0.717, 1.165) is 60.4 Å². The van der Waals surface area contributed by atoms with Crippen molar-refractivity contribution in [2.24, 2.45) is 7.05 Å². The fourth-order valence-electron chi connectivity index (χ4n) is 3.99. The molecule has 4 aromatic rings. The van der Waals surface area contributed by atoms with Crippen LogP contribution in [-0.2, 0) is 7.05 Å². The van der Waals surface area contributed by atoms with E-state index in [1.807, 2.05) is 12.1 Å². The van der Waals surface area contributed by atoms with Gasteiger partial charge in [0.1, 0.15) is 12.6 Å². The first-order chi connectivity index (χ1) is 13.2. The van der Waals surface area contributed by atoms with Crippen LogP contribution in [0.3, 0.4) is 0 Å². The van der Waals surface area contributed by atoms with Crippen LogP contribution in [0.15, 0.2) is 52.9 Å². The second-order valence-corrected chi connectivity index (χ2v) is 7.03. The lowest BCUT2D eigenvalue weighted by Gasteiger charge is -2.18. The number of fused-ring (bicyclic) bond motifs is 4. The number of hydrogen-bond acceptors (Lipinski definition) is 3. The molecule has 0 atom stereocenters. The van der Waals surface area contributed by atoms with Crippen LogP contribution in [0, 0.1) is 0 Å². The first-order valence-electron chi connectivity index (χ1n) is 9.92. The van der Waals surface area contributed by atoms with E-state index in [2.05, 4.69) is 72.1 Å². The summed E-state index contributed by atoms with van der Waals surface area (Å²) in [6.07, 6.45) is 1.11. The van der Waals surface area contributed by atoms with Crippen LogP contribution in [0.1, 0.15) is 20.3 Å². The van der Waals surface area contributed by atoms with Gasteiger partial charge in [0.2, 0.25) is 11.1 Å². The predicted octanol–water partition coefficient (Wildman–Crippen LogP) is 1.71. The third-order valence-electron chi connectivity index (χ3n) is 5.51. The fourth-order valence-corrected chi connectivity index (χ4v) is 3.99. The number of rotatable bonds is 7. The van der Waals surface area contributed by atoms with Gasteiger partial charge in [-0.05, 0) is 44.3 Å². The van der Waals surface area contributed by atoms with E-state index >= 15 is 0 Å².